The van der Waals surface area contributed by atoms with Gasteiger partial charge in [-0.1, -0.05) is 18.2 Å². The maximum Gasteiger partial charge on any atom is 0.317 e. The Kier molecular flexibility index (Phi) is 4.66. The fraction of sp³-hybridized carbons (Fsp3) is 0.250. The molecule has 28 heavy (non-hydrogen) atoms. The fourth-order valence-corrected chi connectivity index (χ4v) is 4.04. The zero-order chi connectivity index (χ0) is 20.0. The molecule has 8 heteroatoms. The molecule has 6 nitrogen and oxygen atoms in total. The number of imidazole rings is 1. The van der Waals surface area contributed by atoms with Crippen molar-refractivity contribution in [1.82, 2.24) is 9.38 Å². The van der Waals surface area contributed by atoms with Crippen LogP contribution in [0.3, 0.4) is 0 Å². The Morgan fingerprint density at radius 3 is 2.82 bits per heavy atom. The number of para-hydroxylation sites is 1. The van der Waals surface area contributed by atoms with Crippen molar-refractivity contribution in [1.29, 1.82) is 0 Å². The summed E-state index contributed by atoms with van der Waals surface area (Å²) in [6.07, 6.45) is 1.51. The molecular formula is C20H16BrFN2O4. The van der Waals surface area contributed by atoms with Crippen LogP contribution < -0.4 is 4.74 Å². The van der Waals surface area contributed by atoms with Crippen molar-refractivity contribution >= 4 is 33.3 Å². The minimum atomic E-state index is -1.07. The molecule has 0 radical (unpaired) electrons. The van der Waals surface area contributed by atoms with Crippen LogP contribution in [0.2, 0.25) is 0 Å². The molecule has 2 unspecified atom stereocenters. The van der Waals surface area contributed by atoms with E-state index in [4.69, 9.17) is 9.47 Å². The molecular weight excluding hydrogens is 431 g/mol. The first kappa shape index (κ1) is 18.6. The van der Waals surface area contributed by atoms with Gasteiger partial charge in [-0.05, 0) is 28.9 Å². The molecule has 4 rings (SSSR count). The van der Waals surface area contributed by atoms with Crippen LogP contribution in [0.25, 0.3) is 5.65 Å². The number of rotatable bonds is 4. The molecule has 0 aliphatic heterocycles. The van der Waals surface area contributed by atoms with Crippen LogP contribution in [0.1, 0.15) is 34.6 Å². The number of aromatic nitrogens is 2. The van der Waals surface area contributed by atoms with Gasteiger partial charge in [0, 0.05) is 17.8 Å². The Bertz CT molecular complexity index is 1110. The number of fused-ring (bicyclic) bond motifs is 3. The summed E-state index contributed by atoms with van der Waals surface area (Å²) in [5.41, 5.74) is 1.62. The average molecular weight is 447 g/mol. The van der Waals surface area contributed by atoms with Crippen molar-refractivity contribution in [3.8, 4) is 5.75 Å². The molecule has 0 fully saturated rings. The lowest BCUT2D eigenvalue weighted by Gasteiger charge is -2.21. The van der Waals surface area contributed by atoms with Crippen molar-refractivity contribution < 1.29 is 23.5 Å². The molecule has 3 aromatic rings. The number of ketones is 1. The molecule has 1 aliphatic carbocycles. The van der Waals surface area contributed by atoms with Gasteiger partial charge in [-0.2, -0.15) is 0 Å². The van der Waals surface area contributed by atoms with E-state index < -0.39 is 29.4 Å². The number of hydrogen-bond donors (Lipinski definition) is 0. The molecule has 2 atom stereocenters. The van der Waals surface area contributed by atoms with Gasteiger partial charge in [0.2, 0.25) is 0 Å². The molecule has 0 saturated carbocycles. The summed E-state index contributed by atoms with van der Waals surface area (Å²) in [4.78, 5) is 30.1. The summed E-state index contributed by atoms with van der Waals surface area (Å²) < 4.78 is 26.5. The number of pyridine rings is 1. The minimum Gasteiger partial charge on any atom is -0.496 e. The average Bonchev–Trinajstić information content (AvgIpc) is 3.17. The van der Waals surface area contributed by atoms with Gasteiger partial charge in [0.25, 0.3) is 0 Å². The third-order valence-electron chi connectivity index (χ3n) is 4.86. The quantitative estimate of drug-likeness (QED) is 0.450. The van der Waals surface area contributed by atoms with Crippen LogP contribution in [0.5, 0.6) is 5.75 Å². The molecule has 0 saturated heterocycles. The van der Waals surface area contributed by atoms with Crippen LogP contribution in [0.15, 0.2) is 41.0 Å². The van der Waals surface area contributed by atoms with Crippen LogP contribution in [-0.4, -0.2) is 34.9 Å². The Morgan fingerprint density at radius 1 is 1.36 bits per heavy atom. The van der Waals surface area contributed by atoms with Crippen LogP contribution >= 0.6 is 15.9 Å². The highest BCUT2D eigenvalue weighted by atomic mass is 79.9. The first-order chi connectivity index (χ1) is 13.5. The number of ether oxygens (including phenoxy) is 2. The van der Waals surface area contributed by atoms with E-state index in [1.165, 1.54) is 19.4 Å². The molecule has 0 spiro atoms. The summed E-state index contributed by atoms with van der Waals surface area (Å²) in [6.45, 7) is 1.84. The van der Waals surface area contributed by atoms with Gasteiger partial charge >= 0.3 is 5.97 Å². The maximum absolute atomic E-state index is 14.0. The monoisotopic (exact) mass is 446 g/mol. The maximum atomic E-state index is 14.0. The lowest BCUT2D eigenvalue weighted by molar-refractivity contribution is -0.146. The number of hydrogen-bond acceptors (Lipinski definition) is 5. The van der Waals surface area contributed by atoms with Crippen molar-refractivity contribution in [3.63, 3.8) is 0 Å². The first-order valence-corrected chi connectivity index (χ1v) is 9.48. The van der Waals surface area contributed by atoms with Crippen LogP contribution in [0, 0.1) is 11.7 Å². The number of carbonyl (C=O) groups is 2. The van der Waals surface area contributed by atoms with Crippen molar-refractivity contribution in [2.45, 2.75) is 12.8 Å². The van der Waals surface area contributed by atoms with E-state index >= 15 is 0 Å². The van der Waals surface area contributed by atoms with Gasteiger partial charge in [0.15, 0.2) is 5.78 Å². The van der Waals surface area contributed by atoms with E-state index in [-0.39, 0.29) is 16.8 Å². The molecule has 1 aliphatic rings. The van der Waals surface area contributed by atoms with Gasteiger partial charge in [-0.3, -0.25) is 9.59 Å². The van der Waals surface area contributed by atoms with Gasteiger partial charge in [0.1, 0.15) is 28.8 Å². The van der Waals surface area contributed by atoms with E-state index in [0.717, 1.165) is 0 Å². The summed E-state index contributed by atoms with van der Waals surface area (Å²) in [5.74, 6) is -2.74. The van der Waals surface area contributed by atoms with Crippen molar-refractivity contribution in [3.05, 3.63) is 63.8 Å². The van der Waals surface area contributed by atoms with Crippen LogP contribution in [-0.2, 0) is 9.53 Å². The number of esters is 1. The van der Waals surface area contributed by atoms with Gasteiger partial charge in [0.05, 0.1) is 29.8 Å². The molecule has 0 N–H and O–H groups in total. The summed E-state index contributed by atoms with van der Waals surface area (Å²) in [6, 6.07) is 8.42. The lowest BCUT2D eigenvalue weighted by atomic mass is 9.86. The largest absolute Gasteiger partial charge is 0.496 e. The molecule has 144 valence electrons. The van der Waals surface area contributed by atoms with Crippen molar-refractivity contribution in [2.75, 3.05) is 13.7 Å². The van der Waals surface area contributed by atoms with E-state index in [1.807, 2.05) is 0 Å². The number of Topliss-reactive ketones (excluding diaryl/α,β-unsaturated/α-hetero) is 1. The highest BCUT2D eigenvalue weighted by molar-refractivity contribution is 9.10. The third kappa shape index (κ3) is 2.71. The molecule has 1 aromatic carbocycles. The lowest BCUT2D eigenvalue weighted by Crippen LogP contribution is -2.28. The van der Waals surface area contributed by atoms with E-state index in [1.54, 1.807) is 35.6 Å². The predicted molar refractivity (Wildman–Crippen MR) is 102 cm³/mol. The number of benzene rings is 1. The smallest absolute Gasteiger partial charge is 0.317 e. The number of methoxy groups -OCH3 is 1. The molecule has 2 heterocycles. The highest BCUT2D eigenvalue weighted by Gasteiger charge is 2.50. The van der Waals surface area contributed by atoms with Crippen LogP contribution in [0.4, 0.5) is 4.39 Å². The minimum absolute atomic E-state index is 0.145. The number of carbonyl (C=O) groups excluding carboxylic acids is 2. The SMILES string of the molecule is CCOC(=O)C1C(=O)c2nc3cc(F)c(Br)cn3c2C1c1ccccc1OC. The van der Waals surface area contributed by atoms with Crippen molar-refractivity contribution in [2.24, 2.45) is 5.92 Å². The first-order valence-electron chi connectivity index (χ1n) is 8.68. The second-order valence-electron chi connectivity index (χ2n) is 6.36. The van der Waals surface area contributed by atoms with E-state index in [0.29, 0.717) is 22.7 Å². The normalized spacial score (nSPS) is 18.4. The van der Waals surface area contributed by atoms with Gasteiger partial charge < -0.3 is 13.9 Å². The second kappa shape index (κ2) is 7.01. The third-order valence-corrected chi connectivity index (χ3v) is 5.44. The predicted octanol–water partition coefficient (Wildman–Crippen LogP) is 3.75. The Morgan fingerprint density at radius 2 is 2.11 bits per heavy atom. The zero-order valence-electron chi connectivity index (χ0n) is 15.1. The summed E-state index contributed by atoms with van der Waals surface area (Å²) in [7, 11) is 1.52. The molecule has 0 amide bonds. The number of halogens is 2. The Labute approximate surface area is 168 Å². The van der Waals surface area contributed by atoms with Gasteiger partial charge in [-0.15, -0.1) is 0 Å². The second-order valence-corrected chi connectivity index (χ2v) is 7.21. The fourth-order valence-electron chi connectivity index (χ4n) is 3.72. The molecule has 0 bridgehead atoms. The van der Waals surface area contributed by atoms with E-state index in [2.05, 4.69) is 20.9 Å². The standard InChI is InChI=1S/C20H16BrFN2O4/c1-3-28-20(26)16-15(10-6-4-5-7-13(10)27-2)18-17(19(16)25)23-14-8-12(22)11(21)9-24(14)18/h4-9,15-16H,3H2,1-2H3. The summed E-state index contributed by atoms with van der Waals surface area (Å²) in [5, 5.41) is 0. The topological polar surface area (TPSA) is 69.9 Å². The highest BCUT2D eigenvalue weighted by Crippen LogP contribution is 2.46. The van der Waals surface area contributed by atoms with E-state index in [9.17, 15) is 14.0 Å². The Balaban J connectivity index is 2.00. The summed E-state index contributed by atoms with van der Waals surface area (Å²) >= 11 is 3.17. The zero-order valence-corrected chi connectivity index (χ0v) is 16.7. The molecule has 2 aromatic heterocycles. The van der Waals surface area contributed by atoms with Gasteiger partial charge in [-0.25, -0.2) is 9.37 Å². The Hall–Kier alpha value is -2.74. The number of nitrogens with zero attached hydrogens (tertiary/aromatic N) is 2.